The molecule has 9 heteroatoms. The zero-order valence-corrected chi connectivity index (χ0v) is 19.0. The minimum Gasteiger partial charge on any atom is -0.497 e. The van der Waals surface area contributed by atoms with Gasteiger partial charge in [-0.2, -0.15) is 18.2 Å². The van der Waals surface area contributed by atoms with Crippen LogP contribution in [0.1, 0.15) is 17.0 Å². The Morgan fingerprint density at radius 1 is 1.06 bits per heavy atom. The lowest BCUT2D eigenvalue weighted by Gasteiger charge is -2.24. The second-order valence-corrected chi connectivity index (χ2v) is 9.59. The lowest BCUT2D eigenvalue weighted by molar-refractivity contribution is 0.415. The van der Waals surface area contributed by atoms with Gasteiger partial charge in [0, 0.05) is 11.5 Å². The molecular weight excluding hydrogens is 467 g/mol. The molecule has 1 aromatic heterocycles. The molecule has 1 aliphatic rings. The Morgan fingerprint density at radius 3 is 2.42 bits per heavy atom. The van der Waals surface area contributed by atoms with Crippen LogP contribution in [0, 0.1) is 5.82 Å². The molecule has 0 spiro atoms. The van der Waals surface area contributed by atoms with Gasteiger partial charge >= 0.3 is 10.1 Å². The van der Waals surface area contributed by atoms with E-state index >= 15 is 0 Å². The number of fused-ring (bicyclic) bond motifs is 1. The highest BCUT2D eigenvalue weighted by molar-refractivity contribution is 7.87. The number of hydrogen-bond acceptors (Lipinski definition) is 5. The maximum absolute atomic E-state index is 13.6. The van der Waals surface area contributed by atoms with E-state index in [2.05, 4.69) is 0 Å². The topological polar surface area (TPSA) is 70.4 Å². The quantitative estimate of drug-likeness (QED) is 0.373. The molecule has 5 rings (SSSR count). The summed E-state index contributed by atoms with van der Waals surface area (Å²) in [4.78, 5) is 0. The Labute approximate surface area is 195 Å². The lowest BCUT2D eigenvalue weighted by Crippen LogP contribution is -2.27. The summed E-state index contributed by atoms with van der Waals surface area (Å²) < 4.78 is 51.3. The summed E-state index contributed by atoms with van der Waals surface area (Å²) in [5, 5.41) is 5.12. The summed E-state index contributed by atoms with van der Waals surface area (Å²) >= 11 is 6.41. The van der Waals surface area contributed by atoms with Crippen molar-refractivity contribution in [1.29, 1.82) is 0 Å². The Morgan fingerprint density at radius 2 is 1.76 bits per heavy atom. The second-order valence-electron chi connectivity index (χ2n) is 7.57. The molecule has 4 aromatic rings. The zero-order valence-electron chi connectivity index (χ0n) is 17.4. The Hall–Kier alpha value is -3.36. The average molecular weight is 485 g/mol. The lowest BCUT2D eigenvalue weighted by atomic mass is 9.90. The van der Waals surface area contributed by atoms with Crippen molar-refractivity contribution in [2.45, 2.75) is 5.92 Å². The monoisotopic (exact) mass is 484 g/mol. The fourth-order valence-electron chi connectivity index (χ4n) is 3.96. The van der Waals surface area contributed by atoms with E-state index in [1.807, 2.05) is 12.1 Å². The highest BCUT2D eigenvalue weighted by Gasteiger charge is 2.39. The minimum absolute atomic E-state index is 0.0643. The van der Waals surface area contributed by atoms with Gasteiger partial charge in [-0.15, -0.1) is 0 Å². The molecule has 0 saturated heterocycles. The van der Waals surface area contributed by atoms with E-state index in [4.69, 9.17) is 25.6 Å². The van der Waals surface area contributed by atoms with Gasteiger partial charge < -0.3 is 8.92 Å². The predicted molar refractivity (Wildman–Crippen MR) is 123 cm³/mol. The summed E-state index contributed by atoms with van der Waals surface area (Å²) in [5.41, 5.74) is 2.98. The molecule has 168 valence electrons. The van der Waals surface area contributed by atoms with E-state index in [1.54, 1.807) is 55.6 Å². The number of aromatic nitrogens is 2. The van der Waals surface area contributed by atoms with Crippen LogP contribution in [0.15, 0.2) is 72.8 Å². The van der Waals surface area contributed by atoms with Crippen LogP contribution in [0.25, 0.3) is 16.9 Å². The SMILES string of the molecule is COc1ccc(-c2nn(-c3ccccc3Cl)c3c2C(c2ccc(F)cc2)CS(=O)(=O)O3)cc1. The van der Waals surface area contributed by atoms with E-state index in [9.17, 15) is 12.8 Å². The minimum atomic E-state index is -3.94. The van der Waals surface area contributed by atoms with Gasteiger partial charge in [0.25, 0.3) is 0 Å². The molecule has 0 saturated carbocycles. The molecule has 0 bridgehead atoms. The average Bonchev–Trinajstić information content (AvgIpc) is 3.17. The highest BCUT2D eigenvalue weighted by Crippen LogP contribution is 2.45. The van der Waals surface area contributed by atoms with Crippen LogP contribution in [0.3, 0.4) is 0 Å². The van der Waals surface area contributed by atoms with Crippen molar-refractivity contribution in [3.63, 3.8) is 0 Å². The molecule has 2 heterocycles. The standard InChI is InChI=1S/C24H18ClFN2O4S/c1-31-18-12-8-16(9-13-18)23-22-19(15-6-10-17(26)11-7-15)14-33(29,30)32-24(22)28(27-23)21-5-3-2-4-20(21)25/h2-13,19H,14H2,1H3. The first-order chi connectivity index (χ1) is 15.9. The maximum Gasteiger partial charge on any atom is 0.311 e. The van der Waals surface area contributed by atoms with E-state index < -0.39 is 21.9 Å². The molecule has 0 amide bonds. The van der Waals surface area contributed by atoms with Crippen LogP contribution in [0.5, 0.6) is 11.6 Å². The number of rotatable bonds is 4. The molecule has 0 radical (unpaired) electrons. The van der Waals surface area contributed by atoms with Crippen LogP contribution in [-0.2, 0) is 10.1 Å². The number of ether oxygens (including phenoxy) is 1. The Kier molecular flexibility index (Phi) is 5.34. The van der Waals surface area contributed by atoms with Gasteiger partial charge in [0.05, 0.1) is 29.1 Å². The molecule has 0 fully saturated rings. The first kappa shape index (κ1) is 21.5. The van der Waals surface area contributed by atoms with Gasteiger partial charge in [-0.25, -0.2) is 4.39 Å². The summed E-state index contributed by atoms with van der Waals surface area (Å²) in [7, 11) is -2.37. The number of nitrogens with zero attached hydrogens (tertiary/aromatic N) is 2. The molecule has 6 nitrogen and oxygen atoms in total. The van der Waals surface area contributed by atoms with Gasteiger partial charge in [0.1, 0.15) is 17.3 Å². The number of para-hydroxylation sites is 1. The normalized spacial score (nSPS) is 16.6. The van der Waals surface area contributed by atoms with Crippen molar-refractivity contribution in [3.8, 4) is 28.6 Å². The Balaban J connectivity index is 1.80. The maximum atomic E-state index is 13.6. The van der Waals surface area contributed by atoms with Crippen molar-refractivity contribution in [2.75, 3.05) is 12.9 Å². The zero-order chi connectivity index (χ0) is 23.2. The third-order valence-corrected chi connectivity index (χ3v) is 6.99. The van der Waals surface area contributed by atoms with Gasteiger partial charge in [-0.1, -0.05) is 35.9 Å². The molecule has 0 N–H and O–H groups in total. The number of hydrogen-bond donors (Lipinski definition) is 0. The molecule has 1 aliphatic heterocycles. The number of halogens is 2. The largest absolute Gasteiger partial charge is 0.497 e. The van der Waals surface area contributed by atoms with Crippen molar-refractivity contribution >= 4 is 21.7 Å². The predicted octanol–water partition coefficient (Wildman–Crippen LogP) is 5.19. The molecular formula is C24H18ClFN2O4S. The molecule has 1 atom stereocenters. The second kappa shape index (κ2) is 8.20. The van der Waals surface area contributed by atoms with Crippen molar-refractivity contribution in [1.82, 2.24) is 9.78 Å². The first-order valence-corrected chi connectivity index (χ1v) is 12.0. The number of methoxy groups -OCH3 is 1. The highest BCUT2D eigenvalue weighted by atomic mass is 35.5. The van der Waals surface area contributed by atoms with E-state index in [0.29, 0.717) is 33.3 Å². The molecule has 3 aromatic carbocycles. The third-order valence-electron chi connectivity index (χ3n) is 5.52. The fraction of sp³-hybridized carbons (Fsp3) is 0.125. The molecule has 0 aliphatic carbocycles. The van der Waals surface area contributed by atoms with E-state index in [0.717, 1.165) is 5.56 Å². The van der Waals surface area contributed by atoms with Crippen LogP contribution < -0.4 is 8.92 Å². The Bertz CT molecular complexity index is 1430. The summed E-state index contributed by atoms with van der Waals surface area (Å²) in [6.07, 6.45) is 0. The summed E-state index contributed by atoms with van der Waals surface area (Å²) in [5.74, 6) is -0.589. The third kappa shape index (κ3) is 3.96. The van der Waals surface area contributed by atoms with Crippen LogP contribution in [-0.4, -0.2) is 31.1 Å². The molecule has 33 heavy (non-hydrogen) atoms. The van der Waals surface area contributed by atoms with Crippen molar-refractivity contribution in [3.05, 3.63) is 94.8 Å². The van der Waals surface area contributed by atoms with Crippen LogP contribution >= 0.6 is 11.6 Å². The summed E-state index contributed by atoms with van der Waals surface area (Å²) in [6.45, 7) is 0. The van der Waals surface area contributed by atoms with Gasteiger partial charge in [-0.05, 0) is 54.1 Å². The molecule has 1 unspecified atom stereocenters. The van der Waals surface area contributed by atoms with Gasteiger partial charge in [-0.3, -0.25) is 0 Å². The van der Waals surface area contributed by atoms with Gasteiger partial charge in [0.2, 0.25) is 5.88 Å². The van der Waals surface area contributed by atoms with Crippen LogP contribution in [0.4, 0.5) is 4.39 Å². The van der Waals surface area contributed by atoms with E-state index in [1.165, 1.54) is 16.8 Å². The van der Waals surface area contributed by atoms with Crippen LogP contribution in [0.2, 0.25) is 5.02 Å². The number of benzene rings is 3. The van der Waals surface area contributed by atoms with Crippen molar-refractivity contribution < 1.29 is 21.7 Å². The van der Waals surface area contributed by atoms with E-state index in [-0.39, 0.29) is 11.6 Å². The fourth-order valence-corrected chi connectivity index (χ4v) is 5.41. The summed E-state index contributed by atoms with van der Waals surface area (Å²) in [6, 6.07) is 20.0. The smallest absolute Gasteiger partial charge is 0.311 e. The first-order valence-electron chi connectivity index (χ1n) is 10.1. The van der Waals surface area contributed by atoms with Gasteiger partial charge in [0.15, 0.2) is 0 Å². The van der Waals surface area contributed by atoms with Crippen molar-refractivity contribution in [2.24, 2.45) is 0 Å².